The number of carbonyl (C=O) groups is 1. The van der Waals surface area contributed by atoms with Gasteiger partial charge in [0.25, 0.3) is 0 Å². The number of anilines is 1. The molecule has 1 amide bonds. The van der Waals surface area contributed by atoms with Crippen molar-refractivity contribution in [3.05, 3.63) is 30.1 Å². The minimum absolute atomic E-state index is 0.330. The molecule has 7 heteroatoms. The van der Waals surface area contributed by atoms with Gasteiger partial charge in [0.2, 0.25) is 0 Å². The quantitative estimate of drug-likeness (QED) is 0.602. The Morgan fingerprint density at radius 1 is 1.19 bits per heavy atom. The van der Waals surface area contributed by atoms with E-state index in [9.17, 15) is 4.79 Å². The van der Waals surface area contributed by atoms with Gasteiger partial charge in [-0.15, -0.1) is 0 Å². The van der Waals surface area contributed by atoms with Crippen LogP contribution in [0.5, 0.6) is 0 Å². The Hall–Kier alpha value is -2.83. The number of imidazole rings is 1. The summed E-state index contributed by atoms with van der Waals surface area (Å²) in [5.41, 5.74) is 13.9. The Morgan fingerprint density at radius 2 is 2.00 bits per heavy atom. The van der Waals surface area contributed by atoms with Gasteiger partial charge in [0, 0.05) is 18.4 Å². The van der Waals surface area contributed by atoms with Crippen LogP contribution >= 0.6 is 0 Å². The fourth-order valence-corrected chi connectivity index (χ4v) is 3.22. The number of fused-ring (bicyclic) bond motifs is 3. The molecule has 0 bridgehead atoms. The Labute approximate surface area is 152 Å². The number of hydrogen-bond donors (Lipinski definition) is 2. The second kappa shape index (κ2) is 8.03. The maximum absolute atomic E-state index is 10.7. The summed E-state index contributed by atoms with van der Waals surface area (Å²) in [7, 11) is 0. The van der Waals surface area contributed by atoms with E-state index in [2.05, 4.69) is 22.5 Å². The van der Waals surface area contributed by atoms with Gasteiger partial charge in [0.1, 0.15) is 11.3 Å². The molecule has 3 rings (SSSR count). The van der Waals surface area contributed by atoms with Crippen molar-refractivity contribution in [1.82, 2.24) is 14.5 Å². The van der Waals surface area contributed by atoms with Crippen LogP contribution in [0, 0.1) is 0 Å². The number of aromatic nitrogens is 3. The van der Waals surface area contributed by atoms with Crippen molar-refractivity contribution in [3.63, 3.8) is 0 Å². The molecule has 0 spiro atoms. The molecule has 7 nitrogen and oxygen atoms in total. The molecule has 0 aliphatic carbocycles. The highest BCUT2D eigenvalue weighted by molar-refractivity contribution is 6.06. The number of unbranched alkanes of at least 4 members (excludes halogenated alkanes) is 2. The first-order valence-corrected chi connectivity index (χ1v) is 9.07. The zero-order valence-electron chi connectivity index (χ0n) is 15.1. The molecule has 0 unspecified atom stereocenters. The lowest BCUT2D eigenvalue weighted by molar-refractivity contribution is 0.154. The smallest absolute Gasteiger partial charge is 0.404 e. The van der Waals surface area contributed by atoms with Gasteiger partial charge in [-0.2, -0.15) is 0 Å². The Balaban J connectivity index is 1.97. The van der Waals surface area contributed by atoms with Crippen molar-refractivity contribution in [2.24, 2.45) is 5.73 Å². The molecule has 26 heavy (non-hydrogen) atoms. The number of para-hydroxylation sites is 1. The zero-order valence-corrected chi connectivity index (χ0v) is 15.1. The highest BCUT2D eigenvalue weighted by atomic mass is 16.5. The second-order valence-electron chi connectivity index (χ2n) is 6.37. The molecule has 0 saturated carbocycles. The first kappa shape index (κ1) is 18.0. The number of carbonyl (C=O) groups excluding carboxylic acids is 1. The largest absolute Gasteiger partial charge is 0.450 e. The van der Waals surface area contributed by atoms with Gasteiger partial charge in [-0.25, -0.2) is 14.8 Å². The number of ether oxygens (including phenoxy) is 1. The molecule has 2 aromatic heterocycles. The van der Waals surface area contributed by atoms with E-state index in [-0.39, 0.29) is 0 Å². The van der Waals surface area contributed by atoms with E-state index in [1.165, 1.54) is 0 Å². The maximum atomic E-state index is 10.7. The summed E-state index contributed by atoms with van der Waals surface area (Å²) in [5.74, 6) is 1.50. The number of nitrogens with two attached hydrogens (primary N) is 2. The van der Waals surface area contributed by atoms with Crippen LogP contribution < -0.4 is 11.5 Å². The van der Waals surface area contributed by atoms with Gasteiger partial charge < -0.3 is 20.8 Å². The molecule has 138 valence electrons. The monoisotopic (exact) mass is 355 g/mol. The molecule has 2 heterocycles. The summed E-state index contributed by atoms with van der Waals surface area (Å²) in [6, 6.07) is 7.99. The molecular formula is C19H25N5O2. The molecule has 4 N–H and O–H groups in total. The van der Waals surface area contributed by atoms with Crippen molar-refractivity contribution in [1.29, 1.82) is 0 Å². The average Bonchev–Trinajstić information content (AvgIpc) is 2.99. The van der Waals surface area contributed by atoms with E-state index in [4.69, 9.17) is 21.2 Å². The van der Waals surface area contributed by atoms with Gasteiger partial charge in [0.15, 0.2) is 5.82 Å². The second-order valence-corrected chi connectivity index (χ2v) is 6.37. The summed E-state index contributed by atoms with van der Waals surface area (Å²) in [5, 5.41) is 1.06. The van der Waals surface area contributed by atoms with Gasteiger partial charge in [-0.3, -0.25) is 0 Å². The lowest BCUT2D eigenvalue weighted by Crippen LogP contribution is -2.14. The molecule has 3 aromatic rings. The number of nitrogen functional groups attached to an aromatic ring is 1. The third-order valence-corrected chi connectivity index (χ3v) is 4.46. The molecule has 0 radical (unpaired) electrons. The van der Waals surface area contributed by atoms with E-state index in [0.717, 1.165) is 66.4 Å². The predicted molar refractivity (Wildman–Crippen MR) is 103 cm³/mol. The molecule has 0 aliphatic heterocycles. The van der Waals surface area contributed by atoms with Crippen LogP contribution in [-0.2, 0) is 17.7 Å². The van der Waals surface area contributed by atoms with E-state index in [1.807, 2.05) is 18.2 Å². The Morgan fingerprint density at radius 3 is 2.77 bits per heavy atom. The van der Waals surface area contributed by atoms with Gasteiger partial charge in [-0.1, -0.05) is 31.5 Å². The Kier molecular flexibility index (Phi) is 5.55. The van der Waals surface area contributed by atoms with E-state index in [1.54, 1.807) is 0 Å². The minimum atomic E-state index is -0.730. The minimum Gasteiger partial charge on any atom is -0.450 e. The van der Waals surface area contributed by atoms with E-state index in [0.29, 0.717) is 12.4 Å². The summed E-state index contributed by atoms with van der Waals surface area (Å²) < 4.78 is 7.06. The number of hydrogen-bond acceptors (Lipinski definition) is 5. The van der Waals surface area contributed by atoms with Crippen LogP contribution in [0.25, 0.3) is 21.9 Å². The number of rotatable bonds is 8. The van der Waals surface area contributed by atoms with Crippen LogP contribution in [0.3, 0.4) is 0 Å². The SMILES string of the molecule is CCCCc1nc2c(N)nc3ccccc3c2n1CCCCOC(N)=O. The third-order valence-electron chi connectivity index (χ3n) is 4.46. The number of nitrogens with zero attached hydrogens (tertiary/aromatic N) is 3. The van der Waals surface area contributed by atoms with Crippen molar-refractivity contribution in [2.45, 2.75) is 45.6 Å². The van der Waals surface area contributed by atoms with Crippen molar-refractivity contribution >= 4 is 33.8 Å². The number of amides is 1. The standard InChI is InChI=1S/C19H25N5O2/c1-2-3-10-15-23-16-17(24(15)11-6-7-12-26-19(21)25)13-8-4-5-9-14(13)22-18(16)20/h4-5,8-9H,2-3,6-7,10-12H2,1H3,(H2,20,22)(H2,21,25). The highest BCUT2D eigenvalue weighted by Gasteiger charge is 2.16. The molecular weight excluding hydrogens is 330 g/mol. The number of benzene rings is 1. The van der Waals surface area contributed by atoms with Crippen LogP contribution in [0.4, 0.5) is 10.6 Å². The van der Waals surface area contributed by atoms with Crippen LogP contribution in [0.2, 0.25) is 0 Å². The van der Waals surface area contributed by atoms with Crippen molar-refractivity contribution in [3.8, 4) is 0 Å². The predicted octanol–water partition coefficient (Wildman–Crippen LogP) is 3.38. The Bertz CT molecular complexity index is 919. The molecule has 0 fully saturated rings. The number of aryl methyl sites for hydroxylation is 2. The number of primary amides is 1. The normalized spacial score (nSPS) is 11.3. The fraction of sp³-hybridized carbons (Fsp3) is 0.421. The van der Waals surface area contributed by atoms with Crippen LogP contribution in [0.15, 0.2) is 24.3 Å². The average molecular weight is 355 g/mol. The molecule has 0 atom stereocenters. The summed E-state index contributed by atoms with van der Waals surface area (Å²) in [6.07, 6.45) is 3.94. The van der Waals surface area contributed by atoms with E-state index < -0.39 is 6.09 Å². The lowest BCUT2D eigenvalue weighted by Gasteiger charge is -2.11. The molecule has 1 aromatic carbocycles. The maximum Gasteiger partial charge on any atom is 0.404 e. The van der Waals surface area contributed by atoms with E-state index >= 15 is 0 Å². The molecule has 0 saturated heterocycles. The zero-order chi connectivity index (χ0) is 18.5. The summed E-state index contributed by atoms with van der Waals surface area (Å²) >= 11 is 0. The first-order valence-electron chi connectivity index (χ1n) is 9.07. The number of pyridine rings is 1. The van der Waals surface area contributed by atoms with Crippen molar-refractivity contribution < 1.29 is 9.53 Å². The topological polar surface area (TPSA) is 109 Å². The van der Waals surface area contributed by atoms with Gasteiger partial charge in [-0.05, 0) is 25.3 Å². The fourth-order valence-electron chi connectivity index (χ4n) is 3.22. The summed E-state index contributed by atoms with van der Waals surface area (Å²) in [6.45, 7) is 3.28. The third kappa shape index (κ3) is 3.71. The molecule has 0 aliphatic rings. The van der Waals surface area contributed by atoms with Crippen LogP contribution in [0.1, 0.15) is 38.4 Å². The van der Waals surface area contributed by atoms with Crippen LogP contribution in [-0.4, -0.2) is 27.2 Å². The summed E-state index contributed by atoms with van der Waals surface area (Å²) in [4.78, 5) is 20.0. The first-order chi connectivity index (χ1) is 12.6. The highest BCUT2D eigenvalue weighted by Crippen LogP contribution is 2.29. The van der Waals surface area contributed by atoms with Gasteiger partial charge >= 0.3 is 6.09 Å². The van der Waals surface area contributed by atoms with Gasteiger partial charge in [0.05, 0.1) is 17.6 Å². The lowest BCUT2D eigenvalue weighted by atomic mass is 10.2. The van der Waals surface area contributed by atoms with Crippen molar-refractivity contribution in [2.75, 3.05) is 12.3 Å².